The number of carbonyl (C=O) groups is 1. The number of benzene rings is 1. The lowest BCUT2D eigenvalue weighted by molar-refractivity contribution is -0.129. The van der Waals surface area contributed by atoms with E-state index in [-0.39, 0.29) is 22.6 Å². The Morgan fingerprint density at radius 2 is 2.11 bits per heavy atom. The highest BCUT2D eigenvalue weighted by Gasteiger charge is 2.31. The molecule has 1 aromatic carbocycles. The van der Waals surface area contributed by atoms with Crippen LogP contribution in [0.4, 0.5) is 14.5 Å². The first kappa shape index (κ1) is 14.2. The van der Waals surface area contributed by atoms with Crippen LogP contribution in [-0.2, 0) is 4.79 Å². The lowest BCUT2D eigenvalue weighted by atomic mass is 10.3. The van der Waals surface area contributed by atoms with E-state index in [4.69, 9.17) is 0 Å². The van der Waals surface area contributed by atoms with Gasteiger partial charge in [-0.3, -0.25) is 4.79 Å². The minimum Gasteiger partial charge on any atom is -0.374 e. The molecule has 1 fully saturated rings. The third-order valence-electron chi connectivity index (χ3n) is 3.09. The van der Waals surface area contributed by atoms with Crippen molar-refractivity contribution in [1.29, 1.82) is 0 Å². The van der Waals surface area contributed by atoms with Gasteiger partial charge in [-0.05, 0) is 41.8 Å². The van der Waals surface area contributed by atoms with Crippen molar-refractivity contribution in [2.45, 2.75) is 25.8 Å². The Morgan fingerprint density at radius 1 is 1.42 bits per heavy atom. The fourth-order valence-electron chi connectivity index (χ4n) is 1.95. The number of amides is 1. The minimum atomic E-state index is -0.706. The summed E-state index contributed by atoms with van der Waals surface area (Å²) in [6.07, 6.45) is 2.08. The summed E-state index contributed by atoms with van der Waals surface area (Å²) >= 11 is 2.99. The Bertz CT molecular complexity index is 492. The quantitative estimate of drug-likeness (QED) is 0.840. The van der Waals surface area contributed by atoms with E-state index in [9.17, 15) is 13.6 Å². The third-order valence-corrected chi connectivity index (χ3v) is 3.70. The van der Waals surface area contributed by atoms with Crippen LogP contribution >= 0.6 is 15.9 Å². The van der Waals surface area contributed by atoms with Gasteiger partial charge in [0.15, 0.2) is 0 Å². The molecule has 0 atom stereocenters. The largest absolute Gasteiger partial charge is 0.374 e. The average molecular weight is 333 g/mol. The normalized spacial score (nSPS) is 14.3. The predicted molar refractivity (Wildman–Crippen MR) is 73.0 cm³/mol. The van der Waals surface area contributed by atoms with Crippen LogP contribution in [0, 0.1) is 11.6 Å². The van der Waals surface area contributed by atoms with Gasteiger partial charge >= 0.3 is 0 Å². The molecule has 19 heavy (non-hydrogen) atoms. The first-order valence-corrected chi connectivity index (χ1v) is 7.00. The van der Waals surface area contributed by atoms with Crippen LogP contribution in [0.25, 0.3) is 0 Å². The minimum absolute atomic E-state index is 0.0132. The molecule has 1 N–H and O–H groups in total. The summed E-state index contributed by atoms with van der Waals surface area (Å²) in [5.41, 5.74) is 0.119. The van der Waals surface area contributed by atoms with Crippen molar-refractivity contribution in [1.82, 2.24) is 4.90 Å². The van der Waals surface area contributed by atoms with Crippen LogP contribution in [0.5, 0.6) is 0 Å². The molecule has 1 aliphatic carbocycles. The Balaban J connectivity index is 1.98. The number of hydrogen-bond donors (Lipinski definition) is 1. The summed E-state index contributed by atoms with van der Waals surface area (Å²) < 4.78 is 26.7. The van der Waals surface area contributed by atoms with Crippen molar-refractivity contribution in [3.63, 3.8) is 0 Å². The lowest BCUT2D eigenvalue weighted by Crippen LogP contribution is -2.37. The van der Waals surface area contributed by atoms with Crippen LogP contribution in [-0.4, -0.2) is 29.9 Å². The SMILES string of the molecule is CCN(C(=O)CNc1cc(Br)c(F)cc1F)C1CC1. The number of rotatable bonds is 5. The van der Waals surface area contributed by atoms with E-state index < -0.39 is 11.6 Å². The molecular formula is C13H15BrF2N2O. The molecule has 0 unspecified atom stereocenters. The highest BCUT2D eigenvalue weighted by Crippen LogP contribution is 2.27. The van der Waals surface area contributed by atoms with Crippen LogP contribution in [0.1, 0.15) is 19.8 Å². The summed E-state index contributed by atoms with van der Waals surface area (Å²) in [6, 6.07) is 2.42. The maximum absolute atomic E-state index is 13.5. The molecule has 1 aromatic rings. The second kappa shape index (κ2) is 5.86. The molecule has 3 nitrogen and oxygen atoms in total. The Kier molecular flexibility index (Phi) is 4.39. The van der Waals surface area contributed by atoms with Gasteiger partial charge in [0.05, 0.1) is 16.7 Å². The van der Waals surface area contributed by atoms with Gasteiger partial charge in [0.1, 0.15) is 11.6 Å². The van der Waals surface area contributed by atoms with Crippen molar-refractivity contribution >= 4 is 27.5 Å². The molecule has 0 aliphatic heterocycles. The number of hydrogen-bond acceptors (Lipinski definition) is 2. The van der Waals surface area contributed by atoms with E-state index in [0.29, 0.717) is 12.6 Å². The second-order valence-corrected chi connectivity index (χ2v) is 5.36. The molecule has 104 valence electrons. The van der Waals surface area contributed by atoms with Crippen molar-refractivity contribution in [3.8, 4) is 0 Å². The van der Waals surface area contributed by atoms with Crippen molar-refractivity contribution in [2.24, 2.45) is 0 Å². The van der Waals surface area contributed by atoms with E-state index in [0.717, 1.165) is 18.9 Å². The van der Waals surface area contributed by atoms with E-state index in [1.165, 1.54) is 6.07 Å². The number of carbonyl (C=O) groups excluding carboxylic acids is 1. The molecular weight excluding hydrogens is 318 g/mol. The summed E-state index contributed by atoms with van der Waals surface area (Å²) in [5.74, 6) is -1.43. The molecule has 1 aliphatic rings. The fourth-order valence-corrected chi connectivity index (χ4v) is 2.30. The predicted octanol–water partition coefficient (Wildman–Crippen LogP) is 3.15. The smallest absolute Gasteiger partial charge is 0.242 e. The molecule has 2 rings (SSSR count). The average Bonchev–Trinajstić information content (AvgIpc) is 3.17. The zero-order valence-corrected chi connectivity index (χ0v) is 12.1. The van der Waals surface area contributed by atoms with Gasteiger partial charge in [-0.25, -0.2) is 8.78 Å². The maximum Gasteiger partial charge on any atom is 0.242 e. The first-order chi connectivity index (χ1) is 9.02. The molecule has 0 bridgehead atoms. The van der Waals surface area contributed by atoms with E-state index in [2.05, 4.69) is 21.2 Å². The van der Waals surface area contributed by atoms with Gasteiger partial charge < -0.3 is 10.2 Å². The van der Waals surface area contributed by atoms with Gasteiger partial charge in [0, 0.05) is 18.7 Å². The van der Waals surface area contributed by atoms with Gasteiger partial charge in [-0.2, -0.15) is 0 Å². The van der Waals surface area contributed by atoms with Crippen molar-refractivity contribution < 1.29 is 13.6 Å². The molecule has 0 saturated heterocycles. The summed E-state index contributed by atoms with van der Waals surface area (Å²) in [6.45, 7) is 2.59. The Hall–Kier alpha value is -1.17. The standard InChI is InChI=1S/C13H15BrF2N2O/c1-2-18(8-3-4-8)13(19)7-17-12-5-9(14)10(15)6-11(12)16/h5-6,8,17H,2-4,7H2,1H3. The molecule has 0 radical (unpaired) electrons. The first-order valence-electron chi connectivity index (χ1n) is 6.20. The maximum atomic E-state index is 13.5. The van der Waals surface area contributed by atoms with Gasteiger partial charge in [-0.1, -0.05) is 0 Å². The Labute approximate surface area is 119 Å². The number of nitrogens with zero attached hydrogens (tertiary/aromatic N) is 1. The van der Waals surface area contributed by atoms with Gasteiger partial charge in [0.25, 0.3) is 0 Å². The third kappa shape index (κ3) is 3.43. The number of nitrogens with one attached hydrogen (secondary N) is 1. The molecule has 1 saturated carbocycles. The van der Waals surface area contributed by atoms with E-state index in [1.54, 1.807) is 4.90 Å². The van der Waals surface area contributed by atoms with Crippen LogP contribution < -0.4 is 5.32 Å². The summed E-state index contributed by atoms with van der Waals surface area (Å²) in [7, 11) is 0. The lowest BCUT2D eigenvalue weighted by Gasteiger charge is -2.21. The molecule has 0 spiro atoms. The molecule has 6 heteroatoms. The van der Waals surface area contributed by atoms with Crippen LogP contribution in [0.2, 0.25) is 0 Å². The monoisotopic (exact) mass is 332 g/mol. The van der Waals surface area contributed by atoms with Crippen LogP contribution in [0.3, 0.4) is 0 Å². The van der Waals surface area contributed by atoms with Gasteiger partial charge in [0.2, 0.25) is 5.91 Å². The molecule has 0 heterocycles. The number of anilines is 1. The number of halogens is 3. The summed E-state index contributed by atoms with van der Waals surface area (Å²) in [4.78, 5) is 13.7. The zero-order chi connectivity index (χ0) is 14.0. The highest BCUT2D eigenvalue weighted by molar-refractivity contribution is 9.10. The highest BCUT2D eigenvalue weighted by atomic mass is 79.9. The Morgan fingerprint density at radius 3 is 2.68 bits per heavy atom. The van der Waals surface area contributed by atoms with Crippen molar-refractivity contribution in [3.05, 3.63) is 28.2 Å². The summed E-state index contributed by atoms with van der Waals surface area (Å²) in [5, 5.41) is 2.72. The van der Waals surface area contributed by atoms with Gasteiger partial charge in [-0.15, -0.1) is 0 Å². The zero-order valence-electron chi connectivity index (χ0n) is 10.5. The molecule has 0 aromatic heterocycles. The van der Waals surface area contributed by atoms with E-state index in [1.807, 2.05) is 6.92 Å². The van der Waals surface area contributed by atoms with Crippen LogP contribution in [0.15, 0.2) is 16.6 Å². The second-order valence-electron chi connectivity index (χ2n) is 4.51. The fraction of sp³-hybridized carbons (Fsp3) is 0.462. The van der Waals surface area contributed by atoms with E-state index >= 15 is 0 Å². The van der Waals surface area contributed by atoms with Crippen molar-refractivity contribution in [2.75, 3.05) is 18.4 Å². The number of likely N-dealkylation sites (N-methyl/N-ethyl adjacent to an activating group) is 1. The topological polar surface area (TPSA) is 32.3 Å². The molecule has 1 amide bonds.